The minimum Gasteiger partial charge on any atom is -0.362 e. The summed E-state index contributed by atoms with van der Waals surface area (Å²) < 4.78 is 0. The Morgan fingerprint density at radius 3 is 2.56 bits per heavy atom. The number of aldehydes is 1. The Kier molecular flexibility index (Phi) is 5.16. The molecule has 1 rings (SSSR count). The third-order valence-electron chi connectivity index (χ3n) is 2.70. The van der Waals surface area contributed by atoms with E-state index in [9.17, 15) is 9.59 Å². The first kappa shape index (κ1) is 14.5. The van der Waals surface area contributed by atoms with Gasteiger partial charge in [0.2, 0.25) is 5.91 Å². The number of nitrogens with zero attached hydrogens (tertiary/aromatic N) is 2. The van der Waals surface area contributed by atoms with Crippen molar-refractivity contribution in [1.29, 1.82) is 0 Å². The highest BCUT2D eigenvalue weighted by Crippen LogP contribution is 2.25. The lowest BCUT2D eigenvalue weighted by molar-refractivity contribution is -0.127. The molecule has 0 unspecified atom stereocenters. The van der Waals surface area contributed by atoms with Crippen molar-refractivity contribution in [1.82, 2.24) is 4.90 Å². The van der Waals surface area contributed by atoms with Crippen LogP contribution in [0.1, 0.15) is 17.3 Å². The minimum atomic E-state index is -0.0197. The summed E-state index contributed by atoms with van der Waals surface area (Å²) in [7, 11) is 3.41. The van der Waals surface area contributed by atoms with E-state index in [-0.39, 0.29) is 12.5 Å². The van der Waals surface area contributed by atoms with E-state index in [1.165, 1.54) is 4.90 Å². The zero-order valence-electron chi connectivity index (χ0n) is 10.8. The monoisotopic (exact) mass is 268 g/mol. The molecule has 0 spiro atoms. The van der Waals surface area contributed by atoms with E-state index in [4.69, 9.17) is 11.6 Å². The molecule has 18 heavy (non-hydrogen) atoms. The van der Waals surface area contributed by atoms with Gasteiger partial charge in [0.05, 0.1) is 17.1 Å². The Morgan fingerprint density at radius 1 is 1.39 bits per heavy atom. The molecule has 1 aromatic carbocycles. The summed E-state index contributed by atoms with van der Waals surface area (Å²) in [6, 6.07) is 5.23. The van der Waals surface area contributed by atoms with Crippen molar-refractivity contribution in [2.24, 2.45) is 0 Å². The summed E-state index contributed by atoms with van der Waals surface area (Å²) in [5.41, 5.74) is 1.11. The fourth-order valence-corrected chi connectivity index (χ4v) is 1.80. The van der Waals surface area contributed by atoms with Crippen LogP contribution < -0.4 is 4.90 Å². The van der Waals surface area contributed by atoms with Gasteiger partial charge in [-0.25, -0.2) is 0 Å². The van der Waals surface area contributed by atoms with E-state index in [0.717, 1.165) is 6.29 Å². The van der Waals surface area contributed by atoms with Gasteiger partial charge in [-0.3, -0.25) is 9.59 Å². The summed E-state index contributed by atoms with van der Waals surface area (Å²) in [5.74, 6) is -0.0197. The maximum atomic E-state index is 11.7. The second-order valence-electron chi connectivity index (χ2n) is 4.09. The average molecular weight is 269 g/mol. The van der Waals surface area contributed by atoms with E-state index >= 15 is 0 Å². The van der Waals surface area contributed by atoms with Crippen LogP contribution in [-0.2, 0) is 4.79 Å². The first-order valence-corrected chi connectivity index (χ1v) is 6.07. The Balaban J connectivity index is 3.05. The van der Waals surface area contributed by atoms with Gasteiger partial charge in [-0.05, 0) is 19.1 Å². The van der Waals surface area contributed by atoms with Crippen molar-refractivity contribution in [3.63, 3.8) is 0 Å². The molecule has 0 atom stereocenters. The normalized spacial score (nSPS) is 10.0. The lowest BCUT2D eigenvalue weighted by Crippen LogP contribution is -2.37. The highest BCUT2D eigenvalue weighted by molar-refractivity contribution is 6.33. The lowest BCUT2D eigenvalue weighted by Gasteiger charge is -2.25. The Hall–Kier alpha value is -1.55. The molecule has 4 nitrogen and oxygen atoms in total. The Bertz CT molecular complexity index is 447. The molecule has 0 heterocycles. The number of halogens is 1. The molecule has 0 bridgehead atoms. The molecule has 0 saturated carbocycles. The second kappa shape index (κ2) is 6.40. The third-order valence-corrected chi connectivity index (χ3v) is 3.02. The first-order chi connectivity index (χ1) is 8.51. The third kappa shape index (κ3) is 3.23. The van der Waals surface area contributed by atoms with Gasteiger partial charge < -0.3 is 9.80 Å². The van der Waals surface area contributed by atoms with Crippen LogP contribution >= 0.6 is 11.6 Å². The average Bonchev–Trinajstić information content (AvgIpc) is 2.35. The first-order valence-electron chi connectivity index (χ1n) is 5.70. The number of carbonyl (C=O) groups excluding carboxylic acids is 2. The quantitative estimate of drug-likeness (QED) is 0.768. The number of rotatable bonds is 5. The maximum Gasteiger partial charge on any atom is 0.241 e. The fraction of sp³-hybridized carbons (Fsp3) is 0.385. The highest BCUT2D eigenvalue weighted by Gasteiger charge is 2.15. The fourth-order valence-electron chi connectivity index (χ4n) is 1.59. The van der Waals surface area contributed by atoms with Crippen LogP contribution in [-0.4, -0.2) is 44.3 Å². The van der Waals surface area contributed by atoms with Crippen LogP contribution in [0.3, 0.4) is 0 Å². The van der Waals surface area contributed by atoms with Gasteiger partial charge in [0.15, 0.2) is 6.29 Å². The lowest BCUT2D eigenvalue weighted by atomic mass is 10.1. The summed E-state index contributed by atoms with van der Waals surface area (Å²) in [5, 5.41) is 0.401. The van der Waals surface area contributed by atoms with Crippen LogP contribution in [0.2, 0.25) is 5.02 Å². The Labute approximate surface area is 112 Å². The molecular formula is C13H17ClN2O2. The van der Waals surface area contributed by atoms with Crippen LogP contribution in [0.25, 0.3) is 0 Å². The molecule has 1 amide bonds. The molecule has 0 aliphatic rings. The van der Waals surface area contributed by atoms with E-state index in [1.807, 2.05) is 11.8 Å². The van der Waals surface area contributed by atoms with Crippen molar-refractivity contribution >= 4 is 29.5 Å². The van der Waals surface area contributed by atoms with Gasteiger partial charge in [-0.2, -0.15) is 0 Å². The van der Waals surface area contributed by atoms with Gasteiger partial charge in [-0.1, -0.05) is 17.7 Å². The van der Waals surface area contributed by atoms with Crippen molar-refractivity contribution in [3.8, 4) is 0 Å². The standard InChI is InChI=1S/C13H17ClN2O2/c1-4-16(8-13(18)15(2)3)12-7-5-6-11(14)10(12)9-17/h5-7,9H,4,8H2,1-3H3. The molecule has 0 radical (unpaired) electrons. The van der Waals surface area contributed by atoms with E-state index < -0.39 is 0 Å². The van der Waals surface area contributed by atoms with Gasteiger partial charge in [0.1, 0.15) is 0 Å². The van der Waals surface area contributed by atoms with E-state index in [2.05, 4.69) is 0 Å². The van der Waals surface area contributed by atoms with Crippen LogP contribution in [0.5, 0.6) is 0 Å². The number of carbonyl (C=O) groups is 2. The van der Waals surface area contributed by atoms with Gasteiger partial charge in [0, 0.05) is 26.3 Å². The van der Waals surface area contributed by atoms with E-state index in [0.29, 0.717) is 22.8 Å². The number of amides is 1. The summed E-state index contributed by atoms with van der Waals surface area (Å²) in [6.07, 6.45) is 0.723. The van der Waals surface area contributed by atoms with Gasteiger partial charge in [-0.15, -0.1) is 0 Å². The number of likely N-dealkylation sites (N-methyl/N-ethyl adjacent to an activating group) is 2. The smallest absolute Gasteiger partial charge is 0.241 e. The van der Waals surface area contributed by atoms with Gasteiger partial charge in [0.25, 0.3) is 0 Å². The summed E-state index contributed by atoms with van der Waals surface area (Å²) in [6.45, 7) is 2.78. The molecule has 5 heteroatoms. The number of hydrogen-bond acceptors (Lipinski definition) is 3. The molecule has 0 saturated heterocycles. The molecule has 1 aromatic rings. The van der Waals surface area contributed by atoms with Crippen molar-refractivity contribution in [2.45, 2.75) is 6.92 Å². The minimum absolute atomic E-state index is 0.0197. The largest absolute Gasteiger partial charge is 0.362 e. The SMILES string of the molecule is CCN(CC(=O)N(C)C)c1cccc(Cl)c1C=O. The number of benzene rings is 1. The van der Waals surface area contributed by atoms with Crippen LogP contribution in [0.15, 0.2) is 18.2 Å². The van der Waals surface area contributed by atoms with E-state index in [1.54, 1.807) is 32.3 Å². The van der Waals surface area contributed by atoms with Crippen molar-refractivity contribution < 1.29 is 9.59 Å². The van der Waals surface area contributed by atoms with Crippen molar-refractivity contribution in [2.75, 3.05) is 32.1 Å². The van der Waals surface area contributed by atoms with Crippen molar-refractivity contribution in [3.05, 3.63) is 28.8 Å². The molecule has 0 N–H and O–H groups in total. The second-order valence-corrected chi connectivity index (χ2v) is 4.50. The summed E-state index contributed by atoms with van der Waals surface area (Å²) >= 11 is 5.98. The Morgan fingerprint density at radius 2 is 2.06 bits per heavy atom. The molecule has 0 aliphatic carbocycles. The molecular weight excluding hydrogens is 252 g/mol. The zero-order valence-corrected chi connectivity index (χ0v) is 11.6. The van der Waals surface area contributed by atoms with Crippen LogP contribution in [0, 0.1) is 0 Å². The zero-order chi connectivity index (χ0) is 13.7. The predicted octanol–water partition coefficient (Wildman–Crippen LogP) is 2.07. The maximum absolute atomic E-state index is 11.7. The summed E-state index contributed by atoms with van der Waals surface area (Å²) in [4.78, 5) is 26.2. The molecule has 0 aliphatic heterocycles. The molecule has 98 valence electrons. The molecule has 0 fully saturated rings. The number of hydrogen-bond donors (Lipinski definition) is 0. The molecule has 0 aromatic heterocycles. The predicted molar refractivity (Wildman–Crippen MR) is 73.4 cm³/mol. The number of anilines is 1. The topological polar surface area (TPSA) is 40.6 Å². The van der Waals surface area contributed by atoms with Crippen LogP contribution in [0.4, 0.5) is 5.69 Å². The van der Waals surface area contributed by atoms with Gasteiger partial charge >= 0.3 is 0 Å². The highest BCUT2D eigenvalue weighted by atomic mass is 35.5.